The van der Waals surface area contributed by atoms with Gasteiger partial charge in [0, 0.05) is 38.8 Å². The lowest BCUT2D eigenvalue weighted by atomic mass is 10.1. The summed E-state index contributed by atoms with van der Waals surface area (Å²) in [5.74, 6) is -0.325. The minimum atomic E-state index is -0.682. The first-order valence-corrected chi connectivity index (χ1v) is 8.19. The monoisotopic (exact) mass is 345 g/mol. The summed E-state index contributed by atoms with van der Waals surface area (Å²) in [6.45, 7) is 3.16. The highest BCUT2D eigenvalue weighted by atomic mass is 19.1. The van der Waals surface area contributed by atoms with Crippen LogP contribution in [0.5, 0.6) is 0 Å². The molecule has 25 heavy (non-hydrogen) atoms. The van der Waals surface area contributed by atoms with Gasteiger partial charge in [0.25, 0.3) is 5.69 Å². The first-order chi connectivity index (χ1) is 12.0. The van der Waals surface area contributed by atoms with E-state index >= 15 is 0 Å². The van der Waals surface area contributed by atoms with Gasteiger partial charge in [0.2, 0.25) is 0 Å². The van der Waals surface area contributed by atoms with Crippen LogP contribution in [-0.2, 0) is 0 Å². The maximum atomic E-state index is 13.0. The Kier molecular flexibility index (Phi) is 5.25. The molecule has 1 heterocycles. The molecule has 0 bridgehead atoms. The maximum Gasteiger partial charge on any atom is 0.292 e. The van der Waals surface area contributed by atoms with Crippen LogP contribution in [0.25, 0.3) is 0 Å². The van der Waals surface area contributed by atoms with Crippen LogP contribution < -0.4 is 4.90 Å². The molecule has 2 aromatic rings. The van der Waals surface area contributed by atoms with Gasteiger partial charge < -0.3 is 10.0 Å². The average molecular weight is 345 g/mol. The Balaban J connectivity index is 1.59. The van der Waals surface area contributed by atoms with Crippen LogP contribution >= 0.6 is 0 Å². The van der Waals surface area contributed by atoms with E-state index in [9.17, 15) is 19.6 Å². The van der Waals surface area contributed by atoms with E-state index in [1.165, 1.54) is 18.2 Å². The van der Waals surface area contributed by atoms with Crippen LogP contribution in [-0.4, -0.2) is 47.7 Å². The molecule has 1 N–H and O–H groups in total. The number of piperazine rings is 1. The third-order valence-electron chi connectivity index (χ3n) is 4.48. The van der Waals surface area contributed by atoms with E-state index in [0.29, 0.717) is 44.0 Å². The largest absolute Gasteiger partial charge is 0.387 e. The highest BCUT2D eigenvalue weighted by molar-refractivity contribution is 5.63. The van der Waals surface area contributed by atoms with E-state index < -0.39 is 6.10 Å². The number of halogens is 1. The molecule has 132 valence electrons. The summed E-state index contributed by atoms with van der Waals surface area (Å²) in [4.78, 5) is 14.9. The molecule has 1 atom stereocenters. The number of rotatable bonds is 5. The molecule has 1 aliphatic heterocycles. The van der Waals surface area contributed by atoms with Crippen LogP contribution in [0.3, 0.4) is 0 Å². The number of hydrogen-bond acceptors (Lipinski definition) is 5. The molecule has 0 radical (unpaired) electrons. The number of para-hydroxylation sites is 2. The van der Waals surface area contributed by atoms with E-state index in [4.69, 9.17) is 0 Å². The first kappa shape index (κ1) is 17.3. The van der Waals surface area contributed by atoms with Gasteiger partial charge in [-0.25, -0.2) is 4.39 Å². The second-order valence-corrected chi connectivity index (χ2v) is 6.10. The predicted octanol–water partition coefficient (Wildman–Crippen LogP) is 2.59. The number of nitrogens with zero attached hydrogens (tertiary/aromatic N) is 3. The van der Waals surface area contributed by atoms with Gasteiger partial charge >= 0.3 is 0 Å². The average Bonchev–Trinajstić information content (AvgIpc) is 2.63. The number of nitro benzene ring substituents is 1. The molecule has 0 aliphatic carbocycles. The van der Waals surface area contributed by atoms with E-state index in [2.05, 4.69) is 4.90 Å². The number of hydrogen-bond donors (Lipinski definition) is 1. The molecule has 1 aliphatic rings. The minimum Gasteiger partial charge on any atom is -0.387 e. The Bertz CT molecular complexity index is 731. The zero-order chi connectivity index (χ0) is 17.8. The third-order valence-corrected chi connectivity index (χ3v) is 4.48. The van der Waals surface area contributed by atoms with Gasteiger partial charge in [-0.15, -0.1) is 0 Å². The van der Waals surface area contributed by atoms with Crippen molar-refractivity contribution in [3.63, 3.8) is 0 Å². The fraction of sp³-hybridized carbons (Fsp3) is 0.333. The Hall–Kier alpha value is -2.51. The lowest BCUT2D eigenvalue weighted by Gasteiger charge is -2.36. The number of benzene rings is 2. The third kappa shape index (κ3) is 4.12. The second-order valence-electron chi connectivity index (χ2n) is 6.10. The molecular weight excluding hydrogens is 325 g/mol. The number of nitro groups is 1. The summed E-state index contributed by atoms with van der Waals surface area (Å²) in [6.07, 6.45) is -0.682. The zero-order valence-electron chi connectivity index (χ0n) is 13.7. The molecular formula is C18H20FN3O3. The van der Waals surface area contributed by atoms with Crippen molar-refractivity contribution < 1.29 is 14.4 Å². The van der Waals surface area contributed by atoms with Crippen LogP contribution in [0.4, 0.5) is 15.8 Å². The zero-order valence-corrected chi connectivity index (χ0v) is 13.7. The molecule has 7 heteroatoms. The van der Waals surface area contributed by atoms with Crippen LogP contribution in [0.1, 0.15) is 11.7 Å². The SMILES string of the molecule is O=[N+]([O-])c1ccccc1N1CCN(C[C@H](O)c2ccc(F)cc2)CC1. The quantitative estimate of drug-likeness (QED) is 0.666. The van der Waals surface area contributed by atoms with Gasteiger partial charge in [-0.3, -0.25) is 15.0 Å². The Labute approximate surface area is 145 Å². The smallest absolute Gasteiger partial charge is 0.292 e. The van der Waals surface area contributed by atoms with Crippen molar-refractivity contribution in [3.05, 3.63) is 70.0 Å². The second kappa shape index (κ2) is 7.58. The van der Waals surface area contributed by atoms with E-state index in [1.54, 1.807) is 30.3 Å². The van der Waals surface area contributed by atoms with Crippen molar-refractivity contribution in [3.8, 4) is 0 Å². The first-order valence-electron chi connectivity index (χ1n) is 8.19. The standard InChI is InChI=1S/C18H20FN3O3/c19-15-7-5-14(6-8-15)18(23)13-20-9-11-21(12-10-20)16-3-1-2-4-17(16)22(24)25/h1-8,18,23H,9-13H2/t18-/m0/s1. The summed E-state index contributed by atoms with van der Waals surface area (Å²) in [5, 5.41) is 21.5. The predicted molar refractivity (Wildman–Crippen MR) is 93.1 cm³/mol. The van der Waals surface area contributed by atoms with E-state index in [-0.39, 0.29) is 16.4 Å². The molecule has 3 rings (SSSR count). The molecule has 0 saturated carbocycles. The van der Waals surface area contributed by atoms with Crippen molar-refractivity contribution in [2.45, 2.75) is 6.10 Å². The highest BCUT2D eigenvalue weighted by Gasteiger charge is 2.24. The lowest BCUT2D eigenvalue weighted by Crippen LogP contribution is -2.47. The maximum absolute atomic E-state index is 13.0. The molecule has 1 saturated heterocycles. The Morgan fingerprint density at radius 1 is 1.08 bits per heavy atom. The number of anilines is 1. The topological polar surface area (TPSA) is 69.9 Å². The highest BCUT2D eigenvalue weighted by Crippen LogP contribution is 2.28. The summed E-state index contributed by atoms with van der Waals surface area (Å²) in [7, 11) is 0. The summed E-state index contributed by atoms with van der Waals surface area (Å²) >= 11 is 0. The number of aliphatic hydroxyl groups excluding tert-OH is 1. The van der Waals surface area contributed by atoms with E-state index in [0.717, 1.165) is 0 Å². The van der Waals surface area contributed by atoms with Gasteiger partial charge in [-0.2, -0.15) is 0 Å². The summed E-state index contributed by atoms with van der Waals surface area (Å²) < 4.78 is 13.0. The van der Waals surface area contributed by atoms with Crippen molar-refractivity contribution in [2.75, 3.05) is 37.6 Å². The molecule has 0 unspecified atom stereocenters. The fourth-order valence-electron chi connectivity index (χ4n) is 3.09. The molecule has 0 aromatic heterocycles. The summed E-state index contributed by atoms with van der Waals surface area (Å²) in [5.41, 5.74) is 1.43. The van der Waals surface area contributed by atoms with Crippen LogP contribution in [0, 0.1) is 15.9 Å². The van der Waals surface area contributed by atoms with E-state index in [1.807, 2.05) is 4.90 Å². The normalized spacial score (nSPS) is 16.6. The Morgan fingerprint density at radius 2 is 1.72 bits per heavy atom. The molecule has 0 spiro atoms. The van der Waals surface area contributed by atoms with Gasteiger partial charge in [0.15, 0.2) is 0 Å². The number of β-amino-alcohol motifs (C(OH)–C–C–N with tert-alkyl or cyclic N) is 1. The van der Waals surface area contributed by atoms with Crippen molar-refractivity contribution in [1.29, 1.82) is 0 Å². The number of aliphatic hydroxyl groups is 1. The lowest BCUT2D eigenvalue weighted by molar-refractivity contribution is -0.384. The Morgan fingerprint density at radius 3 is 2.36 bits per heavy atom. The van der Waals surface area contributed by atoms with Crippen LogP contribution in [0.15, 0.2) is 48.5 Å². The fourth-order valence-corrected chi connectivity index (χ4v) is 3.09. The minimum absolute atomic E-state index is 0.113. The van der Waals surface area contributed by atoms with Gasteiger partial charge in [-0.05, 0) is 23.8 Å². The summed E-state index contributed by atoms with van der Waals surface area (Å²) in [6, 6.07) is 12.6. The van der Waals surface area contributed by atoms with Gasteiger partial charge in [0.1, 0.15) is 11.5 Å². The van der Waals surface area contributed by atoms with Crippen molar-refractivity contribution in [2.24, 2.45) is 0 Å². The molecule has 1 fully saturated rings. The molecule has 6 nitrogen and oxygen atoms in total. The van der Waals surface area contributed by atoms with Crippen molar-refractivity contribution >= 4 is 11.4 Å². The molecule has 0 amide bonds. The van der Waals surface area contributed by atoms with Gasteiger partial charge in [-0.1, -0.05) is 24.3 Å². The molecule has 2 aromatic carbocycles. The van der Waals surface area contributed by atoms with Crippen LogP contribution in [0.2, 0.25) is 0 Å². The van der Waals surface area contributed by atoms with Gasteiger partial charge in [0.05, 0.1) is 11.0 Å². The van der Waals surface area contributed by atoms with Crippen molar-refractivity contribution in [1.82, 2.24) is 4.90 Å².